The third kappa shape index (κ3) is 6.39. The molecule has 0 aliphatic carbocycles. The Morgan fingerprint density at radius 3 is 2.87 bits per heavy atom. The van der Waals surface area contributed by atoms with Gasteiger partial charge >= 0.3 is 0 Å². The van der Waals surface area contributed by atoms with Crippen LogP contribution < -0.4 is 10.6 Å². The van der Waals surface area contributed by atoms with Crippen molar-refractivity contribution in [2.75, 3.05) is 39.3 Å². The number of carbonyl (C=O) groups is 1. The van der Waals surface area contributed by atoms with Crippen LogP contribution in [0.2, 0.25) is 0 Å². The van der Waals surface area contributed by atoms with Crippen LogP contribution in [0.25, 0.3) is 0 Å². The molecule has 0 spiro atoms. The highest BCUT2D eigenvalue weighted by atomic mass is 127. The number of halogens is 2. The van der Waals surface area contributed by atoms with Crippen LogP contribution in [0.5, 0.6) is 0 Å². The van der Waals surface area contributed by atoms with Crippen molar-refractivity contribution in [3.05, 3.63) is 53.6 Å². The maximum Gasteiger partial charge on any atom is 0.254 e. The largest absolute Gasteiger partial charge is 0.370 e. The molecule has 1 aliphatic heterocycles. The van der Waals surface area contributed by atoms with Crippen molar-refractivity contribution in [1.29, 1.82) is 0 Å². The van der Waals surface area contributed by atoms with Crippen molar-refractivity contribution in [3.63, 3.8) is 0 Å². The number of amides is 1. The first-order valence-electron chi connectivity index (χ1n) is 9.74. The number of aromatic nitrogens is 2. The van der Waals surface area contributed by atoms with Gasteiger partial charge in [-0.1, -0.05) is 12.1 Å². The van der Waals surface area contributed by atoms with Gasteiger partial charge in [-0.2, -0.15) is 5.10 Å². The highest BCUT2D eigenvalue weighted by Gasteiger charge is 2.25. The number of rotatable bonds is 6. The van der Waals surface area contributed by atoms with Gasteiger partial charge < -0.3 is 20.3 Å². The first-order chi connectivity index (χ1) is 14.1. The molecule has 1 unspecified atom stereocenters. The van der Waals surface area contributed by atoms with E-state index >= 15 is 0 Å². The average Bonchev–Trinajstić information content (AvgIpc) is 3.17. The second kappa shape index (κ2) is 11.8. The number of guanidine groups is 1. The van der Waals surface area contributed by atoms with Gasteiger partial charge in [0.15, 0.2) is 5.96 Å². The number of benzene rings is 1. The van der Waals surface area contributed by atoms with Crippen LogP contribution >= 0.6 is 24.0 Å². The fourth-order valence-corrected chi connectivity index (χ4v) is 3.15. The molecule has 1 aromatic carbocycles. The molecule has 10 heteroatoms. The van der Waals surface area contributed by atoms with Gasteiger partial charge in [-0.15, -0.1) is 24.0 Å². The first kappa shape index (κ1) is 24.1. The lowest BCUT2D eigenvalue weighted by molar-refractivity contribution is -0.00803. The van der Waals surface area contributed by atoms with E-state index in [0.717, 1.165) is 24.6 Å². The number of ether oxygens (including phenoxy) is 1. The molecular weight excluding hydrogens is 502 g/mol. The Morgan fingerprint density at radius 1 is 1.37 bits per heavy atom. The zero-order valence-electron chi connectivity index (χ0n) is 17.2. The van der Waals surface area contributed by atoms with E-state index in [1.165, 1.54) is 12.1 Å². The lowest BCUT2D eigenvalue weighted by Crippen LogP contribution is -2.48. The molecule has 1 aromatic heterocycles. The number of morpholine rings is 1. The van der Waals surface area contributed by atoms with Crippen LogP contribution in [0.4, 0.5) is 4.39 Å². The SMILES string of the molecule is CCNC(=NCCNC(=O)c1ccccc1F)N1CCOC(c2cnn(C)c2)C1.I. The third-order valence-corrected chi connectivity index (χ3v) is 4.57. The molecule has 3 rings (SSSR count). The maximum absolute atomic E-state index is 13.7. The molecule has 164 valence electrons. The van der Waals surface area contributed by atoms with Gasteiger partial charge in [-0.25, -0.2) is 4.39 Å². The zero-order valence-corrected chi connectivity index (χ0v) is 19.5. The summed E-state index contributed by atoms with van der Waals surface area (Å²) in [5, 5.41) is 10.2. The second-order valence-electron chi connectivity index (χ2n) is 6.72. The summed E-state index contributed by atoms with van der Waals surface area (Å²) in [4.78, 5) is 18.8. The summed E-state index contributed by atoms with van der Waals surface area (Å²) in [6.45, 7) is 5.43. The molecular formula is C20H28FIN6O2. The Balaban J connectivity index is 0.00000320. The predicted octanol–water partition coefficient (Wildman–Crippen LogP) is 1.95. The minimum Gasteiger partial charge on any atom is -0.370 e. The number of nitrogens with zero attached hydrogens (tertiary/aromatic N) is 4. The van der Waals surface area contributed by atoms with E-state index in [1.807, 2.05) is 26.4 Å². The molecule has 1 fully saturated rings. The van der Waals surface area contributed by atoms with E-state index in [9.17, 15) is 9.18 Å². The van der Waals surface area contributed by atoms with Crippen LogP contribution in [-0.2, 0) is 11.8 Å². The number of hydrogen-bond acceptors (Lipinski definition) is 4. The Kier molecular flexibility index (Phi) is 9.50. The number of aryl methyl sites for hydroxylation is 1. The molecule has 2 heterocycles. The second-order valence-corrected chi connectivity index (χ2v) is 6.72. The zero-order chi connectivity index (χ0) is 20.6. The normalized spacial score (nSPS) is 16.7. The first-order valence-corrected chi connectivity index (χ1v) is 9.74. The lowest BCUT2D eigenvalue weighted by Gasteiger charge is -2.34. The summed E-state index contributed by atoms with van der Waals surface area (Å²) < 4.78 is 21.3. The fourth-order valence-electron chi connectivity index (χ4n) is 3.15. The molecule has 0 radical (unpaired) electrons. The molecule has 30 heavy (non-hydrogen) atoms. The quantitative estimate of drug-likeness (QED) is 0.258. The fraction of sp³-hybridized carbons (Fsp3) is 0.450. The Hall–Kier alpha value is -2.21. The summed E-state index contributed by atoms with van der Waals surface area (Å²) in [5.41, 5.74) is 1.07. The number of hydrogen-bond donors (Lipinski definition) is 2. The Morgan fingerprint density at radius 2 is 2.17 bits per heavy atom. The van der Waals surface area contributed by atoms with Gasteiger partial charge in [0, 0.05) is 38.4 Å². The predicted molar refractivity (Wildman–Crippen MR) is 124 cm³/mol. The molecule has 2 N–H and O–H groups in total. The van der Waals surface area contributed by atoms with Crippen LogP contribution in [-0.4, -0.2) is 65.9 Å². The van der Waals surface area contributed by atoms with Gasteiger partial charge in [0.1, 0.15) is 11.9 Å². The number of aliphatic imine (C=N–C) groups is 1. The maximum atomic E-state index is 13.7. The van der Waals surface area contributed by atoms with Crippen molar-refractivity contribution in [2.45, 2.75) is 13.0 Å². The highest BCUT2D eigenvalue weighted by Crippen LogP contribution is 2.21. The lowest BCUT2D eigenvalue weighted by atomic mass is 10.1. The third-order valence-electron chi connectivity index (χ3n) is 4.57. The summed E-state index contributed by atoms with van der Waals surface area (Å²) in [6.07, 6.45) is 3.70. The summed E-state index contributed by atoms with van der Waals surface area (Å²) >= 11 is 0. The van der Waals surface area contributed by atoms with Crippen molar-refractivity contribution in [2.24, 2.45) is 12.0 Å². The van der Waals surface area contributed by atoms with Gasteiger partial charge in [-0.3, -0.25) is 14.5 Å². The van der Waals surface area contributed by atoms with Crippen LogP contribution in [0.15, 0.2) is 41.7 Å². The molecule has 2 aromatic rings. The number of nitrogens with one attached hydrogen (secondary N) is 2. The van der Waals surface area contributed by atoms with E-state index in [-0.39, 0.29) is 35.6 Å². The van der Waals surface area contributed by atoms with E-state index in [0.29, 0.717) is 26.2 Å². The highest BCUT2D eigenvalue weighted by molar-refractivity contribution is 14.0. The molecule has 0 bridgehead atoms. The van der Waals surface area contributed by atoms with E-state index in [1.54, 1.807) is 16.8 Å². The van der Waals surface area contributed by atoms with E-state index in [4.69, 9.17) is 4.74 Å². The summed E-state index contributed by atoms with van der Waals surface area (Å²) in [6, 6.07) is 5.93. The van der Waals surface area contributed by atoms with Gasteiger partial charge in [0.2, 0.25) is 0 Å². The Bertz CT molecular complexity index is 859. The minimum absolute atomic E-state index is 0. The van der Waals surface area contributed by atoms with Crippen LogP contribution in [0, 0.1) is 5.82 Å². The van der Waals surface area contributed by atoms with Crippen LogP contribution in [0.3, 0.4) is 0 Å². The van der Waals surface area contributed by atoms with E-state index < -0.39 is 11.7 Å². The molecule has 1 saturated heterocycles. The van der Waals surface area contributed by atoms with E-state index in [2.05, 4.69) is 25.6 Å². The van der Waals surface area contributed by atoms with Crippen molar-refractivity contribution < 1.29 is 13.9 Å². The monoisotopic (exact) mass is 530 g/mol. The summed E-state index contributed by atoms with van der Waals surface area (Å²) in [7, 11) is 1.88. The molecule has 1 aliphatic rings. The molecule has 8 nitrogen and oxygen atoms in total. The van der Waals surface area contributed by atoms with Gasteiger partial charge in [-0.05, 0) is 19.1 Å². The summed E-state index contributed by atoms with van der Waals surface area (Å²) in [5.74, 6) is -0.201. The molecule has 0 saturated carbocycles. The van der Waals surface area contributed by atoms with Gasteiger partial charge in [0.25, 0.3) is 5.91 Å². The van der Waals surface area contributed by atoms with Crippen molar-refractivity contribution in [3.8, 4) is 0 Å². The topological polar surface area (TPSA) is 83.8 Å². The minimum atomic E-state index is -0.531. The van der Waals surface area contributed by atoms with Gasteiger partial charge in [0.05, 0.1) is 31.5 Å². The smallest absolute Gasteiger partial charge is 0.254 e. The molecule has 1 amide bonds. The van der Waals surface area contributed by atoms with Crippen LogP contribution in [0.1, 0.15) is 28.9 Å². The molecule has 1 atom stereocenters. The number of carbonyl (C=O) groups excluding carboxylic acids is 1. The standard InChI is InChI=1S/C20H27FN6O2.HI/c1-3-22-20(24-9-8-23-19(28)16-6-4-5-7-17(16)21)27-10-11-29-18(14-27)15-12-25-26(2)13-15;/h4-7,12-13,18H,3,8-11,14H2,1-2H3,(H,22,24)(H,23,28);1H. The average molecular weight is 530 g/mol. The van der Waals surface area contributed by atoms with Crippen molar-refractivity contribution >= 4 is 35.8 Å². The Labute approximate surface area is 192 Å². The van der Waals surface area contributed by atoms with Crippen molar-refractivity contribution in [1.82, 2.24) is 25.3 Å².